The van der Waals surface area contributed by atoms with E-state index < -0.39 is 0 Å². The maximum atomic E-state index is 6.03. The molecule has 2 N–H and O–H groups in total. The molecule has 3 heteroatoms. The van der Waals surface area contributed by atoms with E-state index in [0.717, 1.165) is 13.0 Å². The van der Waals surface area contributed by atoms with Gasteiger partial charge in [0.15, 0.2) is 0 Å². The zero-order chi connectivity index (χ0) is 11.0. The number of rotatable bonds is 3. The molecule has 0 aliphatic carbocycles. The van der Waals surface area contributed by atoms with Gasteiger partial charge in [-0.3, -0.25) is 4.90 Å². The van der Waals surface area contributed by atoms with E-state index in [0.29, 0.717) is 12.6 Å². The Bertz CT molecular complexity index is 201. The van der Waals surface area contributed by atoms with Gasteiger partial charge in [0, 0.05) is 19.1 Å². The fraction of sp³-hybridized carbons (Fsp3) is 1.00. The Morgan fingerprint density at radius 3 is 2.29 bits per heavy atom. The number of likely N-dealkylation sites (N-methyl/N-ethyl adjacent to an activating group) is 1. The van der Waals surface area contributed by atoms with Crippen LogP contribution in [0.4, 0.5) is 0 Å². The van der Waals surface area contributed by atoms with E-state index in [1.807, 2.05) is 0 Å². The number of nitrogens with two attached hydrogens (primary N) is 1. The fourth-order valence-electron chi connectivity index (χ4n) is 2.58. The highest BCUT2D eigenvalue weighted by Gasteiger charge is 2.47. The van der Waals surface area contributed by atoms with E-state index in [9.17, 15) is 0 Å². The second kappa shape index (κ2) is 3.80. The van der Waals surface area contributed by atoms with E-state index >= 15 is 0 Å². The van der Waals surface area contributed by atoms with Crippen LogP contribution in [0, 0.1) is 0 Å². The van der Waals surface area contributed by atoms with Crippen molar-refractivity contribution in [1.82, 2.24) is 4.90 Å². The summed E-state index contributed by atoms with van der Waals surface area (Å²) in [5.41, 5.74) is 5.51. The molecular weight excluding hydrogens is 176 g/mol. The van der Waals surface area contributed by atoms with Gasteiger partial charge in [0.1, 0.15) is 0 Å². The fourth-order valence-corrected chi connectivity index (χ4v) is 2.58. The molecule has 0 amide bonds. The molecule has 1 fully saturated rings. The molecule has 1 aliphatic rings. The monoisotopic (exact) mass is 200 g/mol. The smallest absolute Gasteiger partial charge is 0.0789 e. The van der Waals surface area contributed by atoms with E-state index in [1.165, 1.54) is 0 Å². The topological polar surface area (TPSA) is 38.5 Å². The third kappa shape index (κ3) is 2.47. The lowest BCUT2D eigenvalue weighted by Gasteiger charge is -2.33. The van der Waals surface area contributed by atoms with Crippen molar-refractivity contribution in [3.8, 4) is 0 Å². The first-order chi connectivity index (χ1) is 6.28. The summed E-state index contributed by atoms with van der Waals surface area (Å²) in [7, 11) is 2.13. The zero-order valence-electron chi connectivity index (χ0n) is 10.1. The first kappa shape index (κ1) is 12.0. The second-order valence-corrected chi connectivity index (χ2v) is 5.45. The van der Waals surface area contributed by atoms with Crippen LogP contribution in [0.2, 0.25) is 0 Å². The Morgan fingerprint density at radius 1 is 1.36 bits per heavy atom. The van der Waals surface area contributed by atoms with E-state index in [1.54, 1.807) is 0 Å². The van der Waals surface area contributed by atoms with Crippen molar-refractivity contribution < 1.29 is 4.74 Å². The summed E-state index contributed by atoms with van der Waals surface area (Å²) in [5, 5.41) is 0. The molecule has 1 heterocycles. The molecule has 84 valence electrons. The summed E-state index contributed by atoms with van der Waals surface area (Å²) in [5.74, 6) is 0. The van der Waals surface area contributed by atoms with Gasteiger partial charge >= 0.3 is 0 Å². The highest BCUT2D eigenvalue weighted by molar-refractivity contribution is 4.99. The predicted octanol–water partition coefficient (Wildman–Crippen LogP) is 1.22. The van der Waals surface area contributed by atoms with Gasteiger partial charge in [-0.1, -0.05) is 0 Å². The third-order valence-corrected chi connectivity index (χ3v) is 3.04. The first-order valence-electron chi connectivity index (χ1n) is 5.39. The lowest BCUT2D eigenvalue weighted by Crippen LogP contribution is -2.46. The highest BCUT2D eigenvalue weighted by Crippen LogP contribution is 2.39. The van der Waals surface area contributed by atoms with Gasteiger partial charge in [-0.15, -0.1) is 0 Å². The summed E-state index contributed by atoms with van der Waals surface area (Å²) in [4.78, 5) is 2.31. The number of nitrogens with zero attached hydrogens (tertiary/aromatic N) is 1. The normalized spacial score (nSPS) is 29.8. The molecule has 0 saturated carbocycles. The molecule has 1 unspecified atom stereocenters. The van der Waals surface area contributed by atoms with Gasteiger partial charge in [-0.25, -0.2) is 0 Å². The standard InChI is InChI=1S/C11H24N2O/c1-10(2)8-9(11(3,4)14-10)13(5)7-6-12/h9H,6-8,12H2,1-5H3. The van der Waals surface area contributed by atoms with Crippen molar-refractivity contribution >= 4 is 0 Å². The third-order valence-electron chi connectivity index (χ3n) is 3.04. The molecule has 1 rings (SSSR count). The van der Waals surface area contributed by atoms with Gasteiger partial charge in [0.2, 0.25) is 0 Å². The van der Waals surface area contributed by atoms with E-state index in [-0.39, 0.29) is 11.2 Å². The van der Waals surface area contributed by atoms with Crippen LogP contribution in [0.25, 0.3) is 0 Å². The van der Waals surface area contributed by atoms with E-state index in [4.69, 9.17) is 10.5 Å². The average Bonchev–Trinajstić information content (AvgIpc) is 2.19. The van der Waals surface area contributed by atoms with Crippen LogP contribution in [0.5, 0.6) is 0 Å². The molecule has 14 heavy (non-hydrogen) atoms. The molecule has 0 aromatic carbocycles. The number of ether oxygens (including phenoxy) is 1. The first-order valence-corrected chi connectivity index (χ1v) is 5.39. The van der Waals surface area contributed by atoms with Crippen LogP contribution < -0.4 is 5.73 Å². The molecule has 0 aromatic rings. The van der Waals surface area contributed by atoms with Crippen molar-refractivity contribution in [1.29, 1.82) is 0 Å². The lowest BCUT2D eigenvalue weighted by molar-refractivity contribution is -0.0783. The molecule has 0 spiro atoms. The van der Waals surface area contributed by atoms with Crippen LogP contribution >= 0.6 is 0 Å². The molecule has 1 atom stereocenters. The quantitative estimate of drug-likeness (QED) is 0.744. The predicted molar refractivity (Wildman–Crippen MR) is 59.3 cm³/mol. The average molecular weight is 200 g/mol. The molecule has 0 aromatic heterocycles. The van der Waals surface area contributed by atoms with E-state index in [2.05, 4.69) is 39.6 Å². The van der Waals surface area contributed by atoms with Crippen molar-refractivity contribution in [2.75, 3.05) is 20.1 Å². The Labute approximate surface area is 87.6 Å². The molecule has 1 saturated heterocycles. The van der Waals surface area contributed by atoms with Crippen LogP contribution in [0.3, 0.4) is 0 Å². The maximum absolute atomic E-state index is 6.03. The molecular formula is C11H24N2O. The Kier molecular flexibility index (Phi) is 3.24. The van der Waals surface area contributed by atoms with Crippen molar-refractivity contribution in [3.05, 3.63) is 0 Å². The molecule has 3 nitrogen and oxygen atoms in total. The van der Waals surface area contributed by atoms with Gasteiger partial charge in [-0.05, 0) is 41.2 Å². The summed E-state index contributed by atoms with van der Waals surface area (Å²) >= 11 is 0. The number of hydrogen-bond acceptors (Lipinski definition) is 3. The lowest BCUT2D eigenvalue weighted by atomic mass is 9.93. The van der Waals surface area contributed by atoms with Crippen LogP contribution in [0.1, 0.15) is 34.1 Å². The van der Waals surface area contributed by atoms with Crippen molar-refractivity contribution in [3.63, 3.8) is 0 Å². The Hall–Kier alpha value is -0.120. The Balaban J connectivity index is 2.69. The van der Waals surface area contributed by atoms with Crippen molar-refractivity contribution in [2.45, 2.75) is 51.4 Å². The number of hydrogen-bond donors (Lipinski definition) is 1. The largest absolute Gasteiger partial charge is 0.368 e. The van der Waals surface area contributed by atoms with Gasteiger partial charge < -0.3 is 10.5 Å². The van der Waals surface area contributed by atoms with Crippen LogP contribution in [-0.2, 0) is 4.74 Å². The molecule has 0 bridgehead atoms. The van der Waals surface area contributed by atoms with Gasteiger partial charge in [0.25, 0.3) is 0 Å². The Morgan fingerprint density at radius 2 is 1.93 bits per heavy atom. The van der Waals surface area contributed by atoms with Crippen LogP contribution in [-0.4, -0.2) is 42.3 Å². The minimum atomic E-state index is -0.0621. The maximum Gasteiger partial charge on any atom is 0.0789 e. The zero-order valence-corrected chi connectivity index (χ0v) is 10.1. The summed E-state index contributed by atoms with van der Waals surface area (Å²) < 4.78 is 6.03. The minimum absolute atomic E-state index is 0.00295. The summed E-state index contributed by atoms with van der Waals surface area (Å²) in [6.07, 6.45) is 1.08. The van der Waals surface area contributed by atoms with Gasteiger partial charge in [-0.2, -0.15) is 0 Å². The molecule has 0 radical (unpaired) electrons. The second-order valence-electron chi connectivity index (χ2n) is 5.45. The summed E-state index contributed by atoms with van der Waals surface area (Å²) in [6, 6.07) is 0.473. The molecule has 1 aliphatic heterocycles. The summed E-state index contributed by atoms with van der Waals surface area (Å²) in [6.45, 7) is 10.3. The van der Waals surface area contributed by atoms with Gasteiger partial charge in [0.05, 0.1) is 11.2 Å². The highest BCUT2D eigenvalue weighted by atomic mass is 16.5. The minimum Gasteiger partial charge on any atom is -0.368 e. The van der Waals surface area contributed by atoms with Crippen LogP contribution in [0.15, 0.2) is 0 Å². The van der Waals surface area contributed by atoms with Crippen molar-refractivity contribution in [2.24, 2.45) is 5.73 Å². The SMILES string of the molecule is CN(CCN)C1CC(C)(C)OC1(C)C.